The van der Waals surface area contributed by atoms with Crippen molar-refractivity contribution in [2.75, 3.05) is 32.0 Å². The minimum Gasteiger partial charge on any atom is -0.339 e. The van der Waals surface area contributed by atoms with Gasteiger partial charge < -0.3 is 14.8 Å². The fraction of sp³-hybridized carbons (Fsp3) is 0.526. The molecule has 1 amide bonds. The number of amides is 1. The summed E-state index contributed by atoms with van der Waals surface area (Å²) in [5, 5.41) is 3.05. The van der Waals surface area contributed by atoms with E-state index in [2.05, 4.69) is 20.2 Å². The zero-order valence-electron chi connectivity index (χ0n) is 16.7. The van der Waals surface area contributed by atoms with Crippen molar-refractivity contribution in [2.24, 2.45) is 12.5 Å². The number of likely N-dealkylation sites (tertiary alicyclic amines) is 1. The standard InChI is InChI=1S/C19H26N6O3S/c1-23-13-17(21-14-23)29(27,28)25-9-5-16-19(7-11-25,6-10-24(16)2)18(26)22-15-4-3-8-20-12-15/h3-4,8,12-14,16H,5-7,9-11H2,1-2H3,(H,22,26)/t16-,19-/m1/s1. The van der Waals surface area contributed by atoms with Crippen LogP contribution in [-0.4, -0.2) is 70.8 Å². The van der Waals surface area contributed by atoms with Crippen molar-refractivity contribution in [2.45, 2.75) is 30.3 Å². The molecule has 156 valence electrons. The maximum Gasteiger partial charge on any atom is 0.262 e. The Labute approximate surface area is 170 Å². The highest BCUT2D eigenvalue weighted by Gasteiger charge is 2.53. The number of hydrogen-bond acceptors (Lipinski definition) is 6. The number of nitrogens with zero attached hydrogens (tertiary/aromatic N) is 5. The number of hydrogen-bond donors (Lipinski definition) is 1. The second kappa shape index (κ2) is 7.51. The molecule has 10 heteroatoms. The van der Waals surface area contributed by atoms with Gasteiger partial charge in [0.15, 0.2) is 5.03 Å². The van der Waals surface area contributed by atoms with Crippen LogP contribution >= 0.6 is 0 Å². The second-order valence-electron chi connectivity index (χ2n) is 7.92. The number of aryl methyl sites for hydroxylation is 1. The van der Waals surface area contributed by atoms with Crippen LogP contribution in [0, 0.1) is 5.41 Å². The van der Waals surface area contributed by atoms with Crippen LogP contribution in [0.2, 0.25) is 0 Å². The summed E-state index contributed by atoms with van der Waals surface area (Å²) in [6, 6.07) is 3.58. The number of carbonyl (C=O) groups is 1. The number of anilines is 1. The molecule has 2 aromatic heterocycles. The summed E-state index contributed by atoms with van der Waals surface area (Å²) in [6.45, 7) is 1.48. The summed E-state index contributed by atoms with van der Waals surface area (Å²) in [5.41, 5.74) is 0.0290. The number of fused-ring (bicyclic) bond motifs is 1. The molecule has 2 aliphatic heterocycles. The number of rotatable bonds is 4. The first-order valence-electron chi connectivity index (χ1n) is 9.73. The van der Waals surface area contributed by atoms with Crippen LogP contribution in [0.1, 0.15) is 19.3 Å². The third-order valence-electron chi connectivity index (χ3n) is 6.20. The van der Waals surface area contributed by atoms with Crippen molar-refractivity contribution < 1.29 is 13.2 Å². The van der Waals surface area contributed by atoms with Gasteiger partial charge in [-0.3, -0.25) is 9.78 Å². The maximum absolute atomic E-state index is 13.3. The number of sulfonamides is 1. The second-order valence-corrected chi connectivity index (χ2v) is 9.80. The molecule has 0 spiro atoms. The molecule has 2 aromatic rings. The summed E-state index contributed by atoms with van der Waals surface area (Å²) in [4.78, 5) is 23.6. The molecule has 4 heterocycles. The molecule has 4 rings (SSSR count). The summed E-state index contributed by atoms with van der Waals surface area (Å²) in [5.74, 6) is -0.0584. The highest BCUT2D eigenvalue weighted by atomic mass is 32.2. The number of carbonyl (C=O) groups excluding carboxylic acids is 1. The monoisotopic (exact) mass is 418 g/mol. The Kier molecular flexibility index (Phi) is 5.18. The molecular formula is C19H26N6O3S. The lowest BCUT2D eigenvalue weighted by Gasteiger charge is -2.34. The predicted octanol–water partition coefficient (Wildman–Crippen LogP) is 0.929. The molecule has 2 aliphatic rings. The minimum absolute atomic E-state index is 0.0110. The Balaban J connectivity index is 1.59. The lowest BCUT2D eigenvalue weighted by Crippen LogP contribution is -2.46. The minimum atomic E-state index is -3.68. The average Bonchev–Trinajstić information content (AvgIpc) is 3.21. The number of imidazole rings is 1. The van der Waals surface area contributed by atoms with Gasteiger partial charge >= 0.3 is 0 Å². The largest absolute Gasteiger partial charge is 0.339 e. The quantitative estimate of drug-likeness (QED) is 0.793. The molecule has 0 aromatic carbocycles. The number of nitrogens with one attached hydrogen (secondary N) is 1. The van der Waals surface area contributed by atoms with E-state index in [1.165, 1.54) is 16.8 Å². The fourth-order valence-electron chi connectivity index (χ4n) is 4.58. The van der Waals surface area contributed by atoms with E-state index in [0.29, 0.717) is 38.0 Å². The van der Waals surface area contributed by atoms with E-state index in [9.17, 15) is 13.2 Å². The molecular weight excluding hydrogens is 392 g/mol. The van der Waals surface area contributed by atoms with Crippen molar-refractivity contribution >= 4 is 21.6 Å². The molecule has 29 heavy (non-hydrogen) atoms. The Bertz CT molecular complexity index is 992. The predicted molar refractivity (Wildman–Crippen MR) is 108 cm³/mol. The van der Waals surface area contributed by atoms with Gasteiger partial charge in [0.25, 0.3) is 10.0 Å². The number of aromatic nitrogens is 3. The van der Waals surface area contributed by atoms with E-state index in [1.54, 1.807) is 30.1 Å². The van der Waals surface area contributed by atoms with Crippen LogP contribution in [-0.2, 0) is 21.9 Å². The van der Waals surface area contributed by atoms with Gasteiger partial charge in [0.2, 0.25) is 5.91 Å². The first kappa shape index (κ1) is 20.0. The Hall–Kier alpha value is -2.30. The summed E-state index contributed by atoms with van der Waals surface area (Å²) in [6.07, 6.45) is 8.05. The van der Waals surface area contributed by atoms with Crippen LogP contribution < -0.4 is 5.32 Å². The van der Waals surface area contributed by atoms with Crippen LogP contribution in [0.15, 0.2) is 42.1 Å². The molecule has 1 N–H and O–H groups in total. The van der Waals surface area contributed by atoms with Gasteiger partial charge in [-0.1, -0.05) is 0 Å². The molecule has 0 saturated carbocycles. The molecule has 0 bridgehead atoms. The van der Waals surface area contributed by atoms with E-state index in [4.69, 9.17) is 0 Å². The lowest BCUT2D eigenvalue weighted by atomic mass is 9.75. The van der Waals surface area contributed by atoms with E-state index >= 15 is 0 Å². The topological polar surface area (TPSA) is 100 Å². The van der Waals surface area contributed by atoms with Crippen molar-refractivity contribution in [3.8, 4) is 0 Å². The maximum atomic E-state index is 13.3. The van der Waals surface area contributed by atoms with E-state index in [0.717, 1.165) is 6.54 Å². The highest BCUT2D eigenvalue weighted by molar-refractivity contribution is 7.89. The van der Waals surface area contributed by atoms with Gasteiger partial charge in [0, 0.05) is 38.6 Å². The van der Waals surface area contributed by atoms with Gasteiger partial charge in [-0.15, -0.1) is 0 Å². The smallest absolute Gasteiger partial charge is 0.262 e. The molecule has 2 fully saturated rings. The third kappa shape index (κ3) is 3.56. The van der Waals surface area contributed by atoms with Crippen LogP contribution in [0.25, 0.3) is 0 Å². The summed E-state index contributed by atoms with van der Waals surface area (Å²) < 4.78 is 29.2. The molecule has 9 nitrogen and oxygen atoms in total. The molecule has 2 saturated heterocycles. The SMILES string of the molecule is CN1CC[C@@]2(C(=O)Nc3cccnc3)CCN(S(=O)(=O)c3cn(C)cn3)CC[C@@H]12. The molecule has 0 aliphatic carbocycles. The first-order chi connectivity index (χ1) is 13.8. The molecule has 0 radical (unpaired) electrons. The zero-order valence-corrected chi connectivity index (χ0v) is 17.5. The van der Waals surface area contributed by atoms with Crippen molar-refractivity contribution in [3.05, 3.63) is 37.1 Å². The van der Waals surface area contributed by atoms with Crippen molar-refractivity contribution in [3.63, 3.8) is 0 Å². The normalized spacial score (nSPS) is 26.1. The molecule has 2 atom stereocenters. The average molecular weight is 419 g/mol. The highest BCUT2D eigenvalue weighted by Crippen LogP contribution is 2.44. The van der Waals surface area contributed by atoms with Crippen molar-refractivity contribution in [1.82, 2.24) is 23.7 Å². The number of pyridine rings is 1. The Morgan fingerprint density at radius 2 is 2.03 bits per heavy atom. The van der Waals surface area contributed by atoms with Gasteiger partial charge in [-0.05, 0) is 45.0 Å². The Morgan fingerprint density at radius 1 is 1.24 bits per heavy atom. The fourth-order valence-corrected chi connectivity index (χ4v) is 6.00. The Morgan fingerprint density at radius 3 is 2.72 bits per heavy atom. The van der Waals surface area contributed by atoms with Gasteiger partial charge in [0.05, 0.1) is 23.6 Å². The van der Waals surface area contributed by atoms with Gasteiger partial charge in [-0.25, -0.2) is 13.4 Å². The first-order valence-corrected chi connectivity index (χ1v) is 11.2. The summed E-state index contributed by atoms with van der Waals surface area (Å²) >= 11 is 0. The van der Waals surface area contributed by atoms with Gasteiger partial charge in [0.1, 0.15) is 0 Å². The van der Waals surface area contributed by atoms with Crippen LogP contribution in [0.4, 0.5) is 5.69 Å². The van der Waals surface area contributed by atoms with E-state index in [-0.39, 0.29) is 17.0 Å². The van der Waals surface area contributed by atoms with Gasteiger partial charge in [-0.2, -0.15) is 4.31 Å². The van der Waals surface area contributed by atoms with Crippen molar-refractivity contribution in [1.29, 1.82) is 0 Å². The van der Waals surface area contributed by atoms with Crippen LogP contribution in [0.5, 0.6) is 0 Å². The summed E-state index contributed by atoms with van der Waals surface area (Å²) in [7, 11) is 0.0651. The lowest BCUT2D eigenvalue weighted by molar-refractivity contribution is -0.127. The molecule has 0 unspecified atom stereocenters. The van der Waals surface area contributed by atoms with E-state index < -0.39 is 15.4 Å². The third-order valence-corrected chi connectivity index (χ3v) is 7.98. The van der Waals surface area contributed by atoms with E-state index in [1.807, 2.05) is 13.1 Å². The van der Waals surface area contributed by atoms with Crippen LogP contribution in [0.3, 0.4) is 0 Å². The zero-order chi connectivity index (χ0) is 20.6.